The molecule has 0 radical (unpaired) electrons. The van der Waals surface area contributed by atoms with E-state index < -0.39 is 0 Å². The van der Waals surface area contributed by atoms with Gasteiger partial charge in [-0.05, 0) is 61.0 Å². The molecule has 4 aromatic rings. The van der Waals surface area contributed by atoms with Crippen LogP contribution in [0.3, 0.4) is 0 Å². The molecule has 0 aliphatic carbocycles. The molecule has 0 aliphatic heterocycles. The summed E-state index contributed by atoms with van der Waals surface area (Å²) in [6.07, 6.45) is 3.37. The third-order valence-electron chi connectivity index (χ3n) is 4.28. The molecule has 2 aromatic heterocycles. The first kappa shape index (κ1) is 18.3. The van der Waals surface area contributed by atoms with E-state index in [9.17, 15) is 8.78 Å². The highest BCUT2D eigenvalue weighted by Gasteiger charge is 2.19. The lowest BCUT2D eigenvalue weighted by Gasteiger charge is -2.14. The Hall–Kier alpha value is -3.06. The monoisotopic (exact) mass is 394 g/mol. The van der Waals surface area contributed by atoms with Crippen molar-refractivity contribution in [2.45, 2.75) is 17.3 Å². The highest BCUT2D eigenvalue weighted by Crippen LogP contribution is 2.36. The Morgan fingerprint density at radius 1 is 0.821 bits per heavy atom. The predicted molar refractivity (Wildman–Crippen MR) is 105 cm³/mol. The lowest BCUT2D eigenvalue weighted by atomic mass is 10.2. The van der Waals surface area contributed by atoms with Crippen LogP contribution in [0.1, 0.15) is 17.7 Å². The van der Waals surface area contributed by atoms with Crippen molar-refractivity contribution in [3.05, 3.63) is 90.3 Å². The molecule has 2 aromatic carbocycles. The zero-order valence-electron chi connectivity index (χ0n) is 15.0. The number of pyridine rings is 1. The number of halogens is 2. The van der Waals surface area contributed by atoms with E-state index in [0.29, 0.717) is 11.0 Å². The third kappa shape index (κ3) is 3.80. The third-order valence-corrected chi connectivity index (χ3v) is 5.38. The number of rotatable bonds is 5. The van der Waals surface area contributed by atoms with Crippen LogP contribution in [0.15, 0.2) is 78.2 Å². The second kappa shape index (κ2) is 7.90. The summed E-state index contributed by atoms with van der Waals surface area (Å²) in [6.45, 7) is 2.02. The molecule has 2 heterocycles. The molecule has 7 heteroatoms. The van der Waals surface area contributed by atoms with E-state index in [1.54, 1.807) is 36.7 Å². The minimum absolute atomic E-state index is 0.0225. The summed E-state index contributed by atoms with van der Waals surface area (Å²) < 4.78 is 28.5. The fraction of sp³-hybridized carbons (Fsp3) is 0.0952. The molecule has 140 valence electrons. The normalized spacial score (nSPS) is 12.1. The van der Waals surface area contributed by atoms with Crippen LogP contribution in [0.2, 0.25) is 0 Å². The maximum atomic E-state index is 13.4. The van der Waals surface area contributed by atoms with Crippen LogP contribution in [0.5, 0.6) is 0 Å². The van der Waals surface area contributed by atoms with Gasteiger partial charge >= 0.3 is 0 Å². The van der Waals surface area contributed by atoms with Gasteiger partial charge in [0.1, 0.15) is 11.6 Å². The summed E-state index contributed by atoms with van der Waals surface area (Å²) >= 11 is 1.50. The molecule has 0 amide bonds. The Kier molecular flexibility index (Phi) is 5.16. The number of benzene rings is 2. The van der Waals surface area contributed by atoms with E-state index in [-0.39, 0.29) is 16.9 Å². The van der Waals surface area contributed by atoms with Crippen molar-refractivity contribution in [2.24, 2.45) is 0 Å². The first-order valence-corrected chi connectivity index (χ1v) is 9.53. The van der Waals surface area contributed by atoms with Gasteiger partial charge in [0.05, 0.1) is 0 Å². The standard InChI is InChI=1S/C21H16F2N4S/c1-14(15-2-4-17(22)5-3-15)28-21-26-25-20(16-10-12-24-13-11-16)27(21)19-8-6-18(23)7-9-19/h2-14H,1H3. The van der Waals surface area contributed by atoms with E-state index in [1.165, 1.54) is 36.0 Å². The van der Waals surface area contributed by atoms with Crippen LogP contribution < -0.4 is 0 Å². The largest absolute Gasteiger partial charge is 0.270 e. The van der Waals surface area contributed by atoms with Crippen LogP contribution in [0, 0.1) is 11.6 Å². The van der Waals surface area contributed by atoms with Crippen molar-refractivity contribution in [3.8, 4) is 17.1 Å². The van der Waals surface area contributed by atoms with Gasteiger partial charge in [-0.2, -0.15) is 0 Å². The quantitative estimate of drug-likeness (QED) is 0.422. The predicted octanol–water partition coefficient (Wildman–Crippen LogP) is 5.46. The van der Waals surface area contributed by atoms with E-state index in [1.807, 2.05) is 23.6 Å². The average Bonchev–Trinajstić information content (AvgIpc) is 3.13. The SMILES string of the molecule is CC(Sc1nnc(-c2ccncc2)n1-c1ccc(F)cc1)c1ccc(F)cc1. The van der Waals surface area contributed by atoms with Crippen LogP contribution in [0.25, 0.3) is 17.1 Å². The molecule has 1 atom stereocenters. The number of hydrogen-bond acceptors (Lipinski definition) is 4. The summed E-state index contributed by atoms with van der Waals surface area (Å²) in [5, 5.41) is 9.40. The zero-order chi connectivity index (χ0) is 19.5. The number of aromatic nitrogens is 4. The summed E-state index contributed by atoms with van der Waals surface area (Å²) in [5.41, 5.74) is 2.59. The molecule has 28 heavy (non-hydrogen) atoms. The maximum Gasteiger partial charge on any atom is 0.196 e. The lowest BCUT2D eigenvalue weighted by Crippen LogP contribution is -2.01. The van der Waals surface area contributed by atoms with Crippen LogP contribution in [-0.2, 0) is 0 Å². The van der Waals surface area contributed by atoms with Crippen LogP contribution in [-0.4, -0.2) is 19.7 Å². The van der Waals surface area contributed by atoms with Gasteiger partial charge in [-0.3, -0.25) is 9.55 Å². The Morgan fingerprint density at radius 3 is 2.07 bits per heavy atom. The molecule has 0 N–H and O–H groups in total. The van der Waals surface area contributed by atoms with Gasteiger partial charge in [0.25, 0.3) is 0 Å². The molecular formula is C21H16F2N4S. The molecule has 4 rings (SSSR count). The van der Waals surface area contributed by atoms with E-state index in [4.69, 9.17) is 0 Å². The Balaban J connectivity index is 1.75. The second-order valence-electron chi connectivity index (χ2n) is 6.17. The second-order valence-corrected chi connectivity index (χ2v) is 7.47. The Labute approximate surface area is 165 Å². The maximum absolute atomic E-state index is 13.4. The van der Waals surface area contributed by atoms with Gasteiger partial charge in [0.2, 0.25) is 0 Å². The molecule has 0 saturated carbocycles. The smallest absolute Gasteiger partial charge is 0.196 e. The molecule has 1 unspecified atom stereocenters. The van der Waals surface area contributed by atoms with Crippen molar-refractivity contribution in [1.82, 2.24) is 19.7 Å². The zero-order valence-corrected chi connectivity index (χ0v) is 15.8. The topological polar surface area (TPSA) is 43.6 Å². The minimum Gasteiger partial charge on any atom is -0.270 e. The fourth-order valence-corrected chi connectivity index (χ4v) is 3.81. The number of hydrogen-bond donors (Lipinski definition) is 0. The molecule has 0 fully saturated rings. The molecule has 4 nitrogen and oxygen atoms in total. The number of nitrogens with zero attached hydrogens (tertiary/aromatic N) is 4. The highest BCUT2D eigenvalue weighted by molar-refractivity contribution is 7.99. The van der Waals surface area contributed by atoms with Crippen LogP contribution in [0.4, 0.5) is 8.78 Å². The van der Waals surface area contributed by atoms with Crippen molar-refractivity contribution in [3.63, 3.8) is 0 Å². The van der Waals surface area contributed by atoms with Crippen LogP contribution >= 0.6 is 11.8 Å². The molecule has 0 spiro atoms. The molecule has 0 aliphatic rings. The molecule has 0 bridgehead atoms. The van der Waals surface area contributed by atoms with Gasteiger partial charge < -0.3 is 0 Å². The average molecular weight is 394 g/mol. The summed E-state index contributed by atoms with van der Waals surface area (Å²) in [7, 11) is 0. The highest BCUT2D eigenvalue weighted by atomic mass is 32.2. The molecule has 0 saturated heterocycles. The fourth-order valence-electron chi connectivity index (χ4n) is 2.82. The molecular weight excluding hydrogens is 378 g/mol. The van der Waals surface area contributed by atoms with Crippen molar-refractivity contribution in [1.29, 1.82) is 0 Å². The van der Waals surface area contributed by atoms with Gasteiger partial charge in [0, 0.05) is 28.9 Å². The Morgan fingerprint density at radius 2 is 1.43 bits per heavy atom. The van der Waals surface area contributed by atoms with Gasteiger partial charge in [0.15, 0.2) is 11.0 Å². The summed E-state index contributed by atoms with van der Waals surface area (Å²) in [4.78, 5) is 4.04. The van der Waals surface area contributed by atoms with E-state index in [0.717, 1.165) is 16.8 Å². The van der Waals surface area contributed by atoms with Crippen molar-refractivity contribution >= 4 is 11.8 Å². The van der Waals surface area contributed by atoms with Crippen molar-refractivity contribution in [2.75, 3.05) is 0 Å². The van der Waals surface area contributed by atoms with Gasteiger partial charge in [-0.1, -0.05) is 23.9 Å². The summed E-state index contributed by atoms with van der Waals surface area (Å²) in [6, 6.07) is 16.3. The van der Waals surface area contributed by atoms with Gasteiger partial charge in [-0.15, -0.1) is 10.2 Å². The van der Waals surface area contributed by atoms with E-state index >= 15 is 0 Å². The lowest BCUT2D eigenvalue weighted by molar-refractivity contribution is 0.626. The van der Waals surface area contributed by atoms with Crippen molar-refractivity contribution < 1.29 is 8.78 Å². The Bertz CT molecular complexity index is 1060. The number of thioether (sulfide) groups is 1. The first-order chi connectivity index (χ1) is 13.6. The van der Waals surface area contributed by atoms with Gasteiger partial charge in [-0.25, -0.2) is 8.78 Å². The minimum atomic E-state index is -0.309. The first-order valence-electron chi connectivity index (χ1n) is 8.65. The summed E-state index contributed by atoms with van der Waals surface area (Å²) in [5.74, 6) is 0.0642. The van der Waals surface area contributed by atoms with E-state index in [2.05, 4.69) is 15.2 Å².